The van der Waals surface area contributed by atoms with Gasteiger partial charge in [0, 0.05) is 16.3 Å². The molecule has 0 atom stereocenters. The SMILES string of the molecule is O=C(c1ccccc1)c1cc2cc3ccccc3nc2s1. The van der Waals surface area contributed by atoms with Gasteiger partial charge < -0.3 is 0 Å². The predicted octanol–water partition coefficient (Wildman–Crippen LogP) is 4.68. The zero-order chi connectivity index (χ0) is 14.2. The normalized spacial score (nSPS) is 11.0. The standard InChI is InChI=1S/C18H11NOS/c20-17(12-6-2-1-3-7-12)16-11-14-10-13-8-4-5-9-15(13)19-18(14)21-16/h1-11H. The fraction of sp³-hybridized carbons (Fsp3) is 0. The third-order valence-electron chi connectivity index (χ3n) is 3.47. The number of para-hydroxylation sites is 1. The van der Waals surface area contributed by atoms with Crippen LogP contribution in [0.3, 0.4) is 0 Å². The second-order valence-corrected chi connectivity index (χ2v) is 5.91. The Bertz CT molecular complexity index is 904. The molecule has 2 aromatic carbocycles. The highest BCUT2D eigenvalue weighted by molar-refractivity contribution is 7.20. The smallest absolute Gasteiger partial charge is 0.203 e. The Morgan fingerprint density at radius 2 is 1.62 bits per heavy atom. The number of hydrogen-bond acceptors (Lipinski definition) is 3. The van der Waals surface area contributed by atoms with Crippen LogP contribution in [0.15, 0.2) is 66.7 Å². The lowest BCUT2D eigenvalue weighted by Gasteiger charge is -1.95. The fourth-order valence-corrected chi connectivity index (χ4v) is 3.40. The maximum Gasteiger partial charge on any atom is 0.203 e. The molecular formula is C18H11NOS. The molecule has 0 N–H and O–H groups in total. The zero-order valence-electron chi connectivity index (χ0n) is 11.1. The lowest BCUT2D eigenvalue weighted by atomic mass is 10.1. The molecule has 21 heavy (non-hydrogen) atoms. The van der Waals surface area contributed by atoms with Crippen LogP contribution in [-0.2, 0) is 0 Å². The third kappa shape index (κ3) is 2.12. The summed E-state index contributed by atoms with van der Waals surface area (Å²) >= 11 is 1.45. The molecule has 0 unspecified atom stereocenters. The van der Waals surface area contributed by atoms with Gasteiger partial charge in [0.25, 0.3) is 0 Å². The first-order valence-corrected chi connectivity index (χ1v) is 7.52. The van der Waals surface area contributed by atoms with Crippen LogP contribution < -0.4 is 0 Å². The minimum Gasteiger partial charge on any atom is -0.288 e. The number of fused-ring (bicyclic) bond motifs is 2. The largest absolute Gasteiger partial charge is 0.288 e. The van der Waals surface area contributed by atoms with Crippen LogP contribution in [0.25, 0.3) is 21.1 Å². The average molecular weight is 289 g/mol. The number of carbonyl (C=O) groups excluding carboxylic acids is 1. The molecule has 0 saturated heterocycles. The van der Waals surface area contributed by atoms with Crippen molar-refractivity contribution in [3.05, 3.63) is 77.2 Å². The molecule has 0 radical (unpaired) electrons. The van der Waals surface area contributed by atoms with Crippen molar-refractivity contribution in [3.63, 3.8) is 0 Å². The van der Waals surface area contributed by atoms with Crippen LogP contribution in [0, 0.1) is 0 Å². The molecule has 4 rings (SSSR count). The molecule has 0 aliphatic rings. The van der Waals surface area contributed by atoms with Gasteiger partial charge in [-0.05, 0) is 18.2 Å². The highest BCUT2D eigenvalue weighted by Gasteiger charge is 2.13. The first kappa shape index (κ1) is 12.2. The minimum absolute atomic E-state index is 0.0580. The molecule has 0 amide bonds. The maximum atomic E-state index is 12.5. The highest BCUT2D eigenvalue weighted by atomic mass is 32.1. The molecule has 0 spiro atoms. The fourth-order valence-electron chi connectivity index (χ4n) is 2.42. The number of pyridine rings is 1. The van der Waals surface area contributed by atoms with Crippen molar-refractivity contribution >= 4 is 38.2 Å². The highest BCUT2D eigenvalue weighted by Crippen LogP contribution is 2.28. The molecule has 3 heteroatoms. The number of carbonyl (C=O) groups is 1. The van der Waals surface area contributed by atoms with Crippen molar-refractivity contribution in [2.45, 2.75) is 0 Å². The topological polar surface area (TPSA) is 30.0 Å². The molecule has 0 bridgehead atoms. The molecule has 2 aromatic heterocycles. The zero-order valence-corrected chi connectivity index (χ0v) is 11.9. The van der Waals surface area contributed by atoms with E-state index in [0.717, 1.165) is 26.0 Å². The van der Waals surface area contributed by atoms with E-state index in [9.17, 15) is 4.79 Å². The van der Waals surface area contributed by atoms with Crippen molar-refractivity contribution in [3.8, 4) is 0 Å². The van der Waals surface area contributed by atoms with Gasteiger partial charge in [-0.2, -0.15) is 0 Å². The number of hydrogen-bond donors (Lipinski definition) is 0. The predicted molar refractivity (Wildman–Crippen MR) is 87.0 cm³/mol. The lowest BCUT2D eigenvalue weighted by molar-refractivity contribution is 0.104. The minimum atomic E-state index is 0.0580. The number of aromatic nitrogens is 1. The summed E-state index contributed by atoms with van der Waals surface area (Å²) in [5.74, 6) is 0.0580. The van der Waals surface area contributed by atoms with Gasteiger partial charge in [-0.25, -0.2) is 4.98 Å². The van der Waals surface area contributed by atoms with E-state index in [4.69, 9.17) is 0 Å². The molecule has 4 aromatic rings. The van der Waals surface area contributed by atoms with Crippen LogP contribution in [0.4, 0.5) is 0 Å². The number of nitrogens with zero attached hydrogens (tertiary/aromatic N) is 1. The van der Waals surface area contributed by atoms with Crippen molar-refractivity contribution < 1.29 is 4.79 Å². The molecule has 2 heterocycles. The first-order chi connectivity index (χ1) is 10.3. The van der Waals surface area contributed by atoms with E-state index < -0.39 is 0 Å². The maximum absolute atomic E-state index is 12.5. The molecule has 100 valence electrons. The van der Waals surface area contributed by atoms with Crippen LogP contribution in [0.2, 0.25) is 0 Å². The van der Waals surface area contributed by atoms with E-state index in [1.807, 2.05) is 60.7 Å². The Kier molecular flexibility index (Phi) is 2.79. The van der Waals surface area contributed by atoms with E-state index in [-0.39, 0.29) is 5.78 Å². The van der Waals surface area contributed by atoms with Crippen LogP contribution in [0.1, 0.15) is 15.2 Å². The first-order valence-electron chi connectivity index (χ1n) is 6.70. The van der Waals surface area contributed by atoms with Gasteiger partial charge in [0.15, 0.2) is 0 Å². The third-order valence-corrected chi connectivity index (χ3v) is 4.51. The second kappa shape index (κ2) is 4.79. The summed E-state index contributed by atoms with van der Waals surface area (Å²) in [4.78, 5) is 18.8. The van der Waals surface area contributed by atoms with Crippen LogP contribution in [0.5, 0.6) is 0 Å². The number of ketones is 1. The van der Waals surface area contributed by atoms with Crippen molar-refractivity contribution in [2.75, 3.05) is 0 Å². The van der Waals surface area contributed by atoms with Crippen molar-refractivity contribution in [2.24, 2.45) is 0 Å². The van der Waals surface area contributed by atoms with Gasteiger partial charge in [0.05, 0.1) is 10.4 Å². The van der Waals surface area contributed by atoms with Crippen LogP contribution >= 0.6 is 11.3 Å². The second-order valence-electron chi connectivity index (χ2n) is 4.88. The number of thiophene rings is 1. The summed E-state index contributed by atoms with van der Waals surface area (Å²) < 4.78 is 0. The Balaban J connectivity index is 1.87. The summed E-state index contributed by atoms with van der Waals surface area (Å²) in [5, 5.41) is 2.12. The summed E-state index contributed by atoms with van der Waals surface area (Å²) in [6, 6.07) is 21.4. The van der Waals surface area contributed by atoms with E-state index >= 15 is 0 Å². The average Bonchev–Trinajstić information content (AvgIpc) is 2.95. The van der Waals surface area contributed by atoms with E-state index in [1.54, 1.807) is 0 Å². The number of rotatable bonds is 2. The molecule has 0 aliphatic carbocycles. The quantitative estimate of drug-likeness (QED) is 0.501. The van der Waals surface area contributed by atoms with E-state index in [2.05, 4.69) is 11.1 Å². The lowest BCUT2D eigenvalue weighted by Crippen LogP contribution is -1.97. The van der Waals surface area contributed by atoms with E-state index in [0.29, 0.717) is 5.56 Å². The molecule has 0 saturated carbocycles. The number of benzene rings is 2. The molecule has 0 aliphatic heterocycles. The van der Waals surface area contributed by atoms with Gasteiger partial charge in [-0.1, -0.05) is 48.5 Å². The Labute approximate surface area is 125 Å². The Morgan fingerprint density at radius 3 is 2.48 bits per heavy atom. The summed E-state index contributed by atoms with van der Waals surface area (Å²) in [6.07, 6.45) is 0. The summed E-state index contributed by atoms with van der Waals surface area (Å²) in [6.45, 7) is 0. The monoisotopic (exact) mass is 289 g/mol. The van der Waals surface area contributed by atoms with Gasteiger partial charge in [0.2, 0.25) is 5.78 Å². The Hall–Kier alpha value is -2.52. The van der Waals surface area contributed by atoms with Crippen LogP contribution in [-0.4, -0.2) is 10.8 Å². The van der Waals surface area contributed by atoms with Gasteiger partial charge in [-0.3, -0.25) is 4.79 Å². The molecule has 0 fully saturated rings. The van der Waals surface area contributed by atoms with Gasteiger partial charge in [-0.15, -0.1) is 11.3 Å². The molecule has 2 nitrogen and oxygen atoms in total. The van der Waals surface area contributed by atoms with Gasteiger partial charge in [0.1, 0.15) is 4.83 Å². The van der Waals surface area contributed by atoms with E-state index in [1.165, 1.54) is 11.3 Å². The molecular weight excluding hydrogens is 278 g/mol. The van der Waals surface area contributed by atoms with Crippen molar-refractivity contribution in [1.29, 1.82) is 0 Å². The van der Waals surface area contributed by atoms with Crippen molar-refractivity contribution in [1.82, 2.24) is 4.98 Å². The van der Waals surface area contributed by atoms with Gasteiger partial charge >= 0.3 is 0 Å². The summed E-state index contributed by atoms with van der Waals surface area (Å²) in [5.41, 5.74) is 1.68. The summed E-state index contributed by atoms with van der Waals surface area (Å²) in [7, 11) is 0. The Morgan fingerprint density at radius 1 is 0.857 bits per heavy atom.